The van der Waals surface area contributed by atoms with Gasteiger partial charge in [-0.05, 0) is 85.5 Å². The summed E-state index contributed by atoms with van der Waals surface area (Å²) in [6.07, 6.45) is 8.66. The molecule has 4 aliphatic rings. The number of aromatic nitrogens is 2. The van der Waals surface area contributed by atoms with Crippen LogP contribution in [0.15, 0.2) is 89.4 Å². The Morgan fingerprint density at radius 2 is 1.11 bits per heavy atom. The van der Waals surface area contributed by atoms with E-state index in [1.54, 1.807) is 5.56 Å². The van der Waals surface area contributed by atoms with Crippen molar-refractivity contribution in [3.8, 4) is 33.9 Å². The molecular weight excluding hydrogens is 492 g/mol. The molecule has 0 aliphatic heterocycles. The minimum atomic E-state index is 0.427. The van der Waals surface area contributed by atoms with Crippen LogP contribution in [0.25, 0.3) is 33.9 Å². The van der Waals surface area contributed by atoms with E-state index in [1.807, 2.05) is 18.2 Å². The summed E-state index contributed by atoms with van der Waals surface area (Å²) in [5, 5.41) is 0. The molecule has 1 heterocycles. The molecule has 4 fully saturated rings. The maximum absolute atomic E-state index is 5.02. The lowest BCUT2D eigenvalue weighted by atomic mass is 9.48. The van der Waals surface area contributed by atoms with Gasteiger partial charge in [-0.25, -0.2) is 9.97 Å². The van der Waals surface area contributed by atoms with Crippen LogP contribution in [0.2, 0.25) is 0 Å². The average molecular weight is 522 g/mol. The predicted molar refractivity (Wildman–Crippen MR) is 146 cm³/mol. The number of nitrogens with zero attached hydrogens (tertiary/aromatic N) is 2. The van der Waals surface area contributed by atoms with Crippen LogP contribution in [0.4, 0.5) is 0 Å². The predicted octanol–water partition coefficient (Wildman–Crippen LogP) is 8.71. The lowest BCUT2D eigenvalue weighted by Gasteiger charge is -2.57. The van der Waals surface area contributed by atoms with Gasteiger partial charge in [-0.1, -0.05) is 82.7 Å². The molecule has 0 spiro atoms. The molecule has 0 saturated heterocycles. The number of rotatable bonds is 4. The second-order valence-corrected chi connectivity index (χ2v) is 12.0. The maximum atomic E-state index is 5.02. The van der Waals surface area contributed by atoms with Crippen molar-refractivity contribution in [2.45, 2.75) is 43.9 Å². The van der Waals surface area contributed by atoms with Crippen LogP contribution < -0.4 is 0 Å². The second kappa shape index (κ2) is 8.41. The Hall–Kier alpha value is -2.78. The van der Waals surface area contributed by atoms with Crippen molar-refractivity contribution in [3.05, 3.63) is 95.0 Å². The number of halogens is 1. The van der Waals surface area contributed by atoms with Crippen LogP contribution in [0.3, 0.4) is 0 Å². The Bertz CT molecular complexity index is 1320. The molecule has 3 aromatic carbocycles. The topological polar surface area (TPSA) is 25.8 Å². The lowest BCUT2D eigenvalue weighted by molar-refractivity contribution is -0.00518. The van der Waals surface area contributed by atoms with Crippen LogP contribution in [0.5, 0.6) is 0 Å². The summed E-state index contributed by atoms with van der Waals surface area (Å²) in [6, 6.07) is 30.2. The van der Waals surface area contributed by atoms with E-state index in [0.29, 0.717) is 5.41 Å². The van der Waals surface area contributed by atoms with E-state index in [4.69, 9.17) is 9.97 Å². The highest BCUT2D eigenvalue weighted by molar-refractivity contribution is 9.10. The zero-order valence-corrected chi connectivity index (χ0v) is 21.4. The standard InChI is InChI=1S/C32H29BrN2/c33-28-12-8-25(9-13-28)30-17-29(34-31(35-30)26-4-2-1-3-5-26)24-6-10-27(11-7-24)32-18-21-14-22(19-32)16-23(15-21)20-32/h1-13,17,21-23H,14-16,18-20H2/t21-,22-,23?,32?/m1/s1. The number of hydrogen-bond donors (Lipinski definition) is 0. The minimum Gasteiger partial charge on any atom is -0.228 e. The van der Waals surface area contributed by atoms with Gasteiger partial charge < -0.3 is 0 Å². The monoisotopic (exact) mass is 520 g/mol. The summed E-state index contributed by atoms with van der Waals surface area (Å²) < 4.78 is 1.07. The Morgan fingerprint density at radius 3 is 1.66 bits per heavy atom. The molecule has 4 saturated carbocycles. The Morgan fingerprint density at radius 1 is 0.600 bits per heavy atom. The first-order chi connectivity index (χ1) is 17.1. The molecule has 3 heteroatoms. The van der Waals surface area contributed by atoms with Crippen LogP contribution >= 0.6 is 15.9 Å². The van der Waals surface area contributed by atoms with E-state index in [0.717, 1.165) is 56.1 Å². The van der Waals surface area contributed by atoms with Gasteiger partial charge in [0.05, 0.1) is 11.4 Å². The van der Waals surface area contributed by atoms with Crippen molar-refractivity contribution in [1.29, 1.82) is 0 Å². The van der Waals surface area contributed by atoms with Gasteiger partial charge in [0.2, 0.25) is 0 Å². The van der Waals surface area contributed by atoms with E-state index < -0.39 is 0 Å². The molecule has 1 aromatic heterocycles. The zero-order valence-electron chi connectivity index (χ0n) is 19.8. The fraction of sp³-hybridized carbons (Fsp3) is 0.312. The average Bonchev–Trinajstić information content (AvgIpc) is 2.89. The molecule has 0 amide bonds. The molecule has 174 valence electrons. The summed E-state index contributed by atoms with van der Waals surface area (Å²) in [6.45, 7) is 0. The fourth-order valence-corrected chi connectivity index (χ4v) is 7.80. The van der Waals surface area contributed by atoms with Crippen molar-refractivity contribution in [3.63, 3.8) is 0 Å². The van der Waals surface area contributed by atoms with Crippen molar-refractivity contribution in [1.82, 2.24) is 9.97 Å². The molecule has 0 atom stereocenters. The molecule has 4 aromatic rings. The number of benzene rings is 3. The molecule has 8 rings (SSSR count). The van der Waals surface area contributed by atoms with Crippen molar-refractivity contribution < 1.29 is 0 Å². The van der Waals surface area contributed by atoms with Gasteiger partial charge in [-0.3, -0.25) is 0 Å². The third-order valence-corrected chi connectivity index (χ3v) is 9.26. The molecular formula is C32H29BrN2. The van der Waals surface area contributed by atoms with Crippen LogP contribution in [0, 0.1) is 17.8 Å². The Labute approximate surface area is 216 Å². The van der Waals surface area contributed by atoms with Gasteiger partial charge >= 0.3 is 0 Å². The van der Waals surface area contributed by atoms with Gasteiger partial charge in [0.25, 0.3) is 0 Å². The van der Waals surface area contributed by atoms with E-state index in [-0.39, 0.29) is 0 Å². The van der Waals surface area contributed by atoms with Gasteiger partial charge in [0.15, 0.2) is 5.82 Å². The van der Waals surface area contributed by atoms with E-state index in [1.165, 1.54) is 38.5 Å². The maximum Gasteiger partial charge on any atom is 0.160 e. The second-order valence-electron chi connectivity index (χ2n) is 11.1. The molecule has 35 heavy (non-hydrogen) atoms. The highest BCUT2D eigenvalue weighted by atomic mass is 79.9. The zero-order chi connectivity index (χ0) is 23.4. The number of hydrogen-bond acceptors (Lipinski definition) is 2. The molecule has 0 N–H and O–H groups in total. The van der Waals surface area contributed by atoms with E-state index in [9.17, 15) is 0 Å². The fourth-order valence-electron chi connectivity index (χ4n) is 7.54. The van der Waals surface area contributed by atoms with Crippen LogP contribution in [-0.4, -0.2) is 9.97 Å². The highest BCUT2D eigenvalue weighted by Gasteiger charge is 2.51. The van der Waals surface area contributed by atoms with Gasteiger partial charge in [-0.15, -0.1) is 0 Å². The van der Waals surface area contributed by atoms with Gasteiger partial charge in [0, 0.05) is 21.2 Å². The van der Waals surface area contributed by atoms with Gasteiger partial charge in [-0.2, -0.15) is 0 Å². The summed E-state index contributed by atoms with van der Waals surface area (Å²) in [5.41, 5.74) is 7.22. The molecule has 0 radical (unpaired) electrons. The van der Waals surface area contributed by atoms with Crippen molar-refractivity contribution in [2.75, 3.05) is 0 Å². The van der Waals surface area contributed by atoms with Gasteiger partial charge in [0.1, 0.15) is 0 Å². The molecule has 0 unspecified atom stereocenters. The van der Waals surface area contributed by atoms with Crippen LogP contribution in [-0.2, 0) is 5.41 Å². The van der Waals surface area contributed by atoms with Crippen LogP contribution in [0.1, 0.15) is 44.1 Å². The Balaban J connectivity index is 1.28. The largest absolute Gasteiger partial charge is 0.228 e. The first-order valence-corrected chi connectivity index (χ1v) is 13.7. The molecule has 4 aliphatic carbocycles. The third-order valence-electron chi connectivity index (χ3n) is 8.73. The smallest absolute Gasteiger partial charge is 0.160 e. The van der Waals surface area contributed by atoms with Crippen molar-refractivity contribution in [2.24, 2.45) is 17.8 Å². The normalized spacial score (nSPS) is 26.7. The van der Waals surface area contributed by atoms with E-state index >= 15 is 0 Å². The molecule has 4 bridgehead atoms. The van der Waals surface area contributed by atoms with Crippen molar-refractivity contribution >= 4 is 15.9 Å². The minimum absolute atomic E-state index is 0.427. The SMILES string of the molecule is Brc1ccc(-c2cc(-c3ccc(C45CC6C[C@H](C4)C[C@H](C6)C5)cc3)nc(-c3ccccc3)n2)cc1. The Kier molecular flexibility index (Phi) is 5.17. The quantitative estimate of drug-likeness (QED) is 0.268. The summed E-state index contributed by atoms with van der Waals surface area (Å²) in [5.74, 6) is 3.66. The van der Waals surface area contributed by atoms with E-state index in [2.05, 4.69) is 82.7 Å². The molecule has 2 nitrogen and oxygen atoms in total. The highest BCUT2D eigenvalue weighted by Crippen LogP contribution is 2.60. The first-order valence-electron chi connectivity index (χ1n) is 12.9. The third kappa shape index (κ3) is 3.94. The summed E-state index contributed by atoms with van der Waals surface area (Å²) in [4.78, 5) is 9.97. The first kappa shape index (κ1) is 21.5. The summed E-state index contributed by atoms with van der Waals surface area (Å²) in [7, 11) is 0. The summed E-state index contributed by atoms with van der Waals surface area (Å²) >= 11 is 3.55. The lowest BCUT2D eigenvalue weighted by Crippen LogP contribution is -2.48.